The van der Waals surface area contributed by atoms with Crippen LogP contribution >= 0.6 is 0 Å². The van der Waals surface area contributed by atoms with Crippen molar-refractivity contribution in [2.24, 2.45) is 0 Å². The smallest absolute Gasteiger partial charge is 0.273 e. The van der Waals surface area contributed by atoms with Crippen molar-refractivity contribution >= 4 is 11.9 Å². The first kappa shape index (κ1) is 19.2. The Labute approximate surface area is 174 Å². The zero-order valence-corrected chi connectivity index (χ0v) is 16.5. The van der Waals surface area contributed by atoms with Gasteiger partial charge in [0.1, 0.15) is 17.7 Å². The fourth-order valence-electron chi connectivity index (χ4n) is 3.54. The lowest BCUT2D eigenvalue weighted by molar-refractivity contribution is 0.0704. The summed E-state index contributed by atoms with van der Waals surface area (Å²) in [4.78, 5) is 22.4. The Kier molecular flexibility index (Phi) is 4.90. The first-order chi connectivity index (χ1) is 14.5. The average molecular weight is 397 g/mol. The van der Waals surface area contributed by atoms with E-state index in [-0.39, 0.29) is 23.3 Å². The Morgan fingerprint density at radius 1 is 1.00 bits per heavy atom. The molecule has 30 heavy (non-hydrogen) atoms. The van der Waals surface area contributed by atoms with Crippen LogP contribution in [0.1, 0.15) is 33.4 Å². The Bertz CT molecular complexity index is 1150. The van der Waals surface area contributed by atoms with E-state index in [9.17, 15) is 15.2 Å². The van der Waals surface area contributed by atoms with Gasteiger partial charge in [-0.05, 0) is 37.6 Å². The van der Waals surface area contributed by atoms with Crippen LogP contribution in [-0.2, 0) is 0 Å². The minimum Gasteiger partial charge on any atom is -0.492 e. The number of benzene rings is 2. The average Bonchev–Trinajstić information content (AvgIpc) is 3.05. The van der Waals surface area contributed by atoms with Crippen LogP contribution in [0.25, 0.3) is 0 Å². The number of hydrogen-bond donors (Lipinski definition) is 1. The zero-order chi connectivity index (χ0) is 21.3. The SMILES string of the molecule is Cc1cc(C)nc(N2C(O)=C(C#N)[C@@H](c3ccccc3)N2C(=O)c2ccccc2)n1. The quantitative estimate of drug-likeness (QED) is 0.718. The third-order valence-corrected chi connectivity index (χ3v) is 4.80. The maximum absolute atomic E-state index is 13.6. The van der Waals surface area contributed by atoms with E-state index in [2.05, 4.69) is 16.0 Å². The van der Waals surface area contributed by atoms with Crippen molar-refractivity contribution in [2.45, 2.75) is 19.9 Å². The lowest BCUT2D eigenvalue weighted by atomic mass is 10.00. The minimum absolute atomic E-state index is 0.0493. The van der Waals surface area contributed by atoms with Gasteiger partial charge in [-0.15, -0.1) is 0 Å². The highest BCUT2D eigenvalue weighted by Crippen LogP contribution is 2.41. The Morgan fingerprint density at radius 3 is 2.13 bits per heavy atom. The van der Waals surface area contributed by atoms with Crippen LogP contribution in [0.5, 0.6) is 0 Å². The second kappa shape index (κ2) is 7.68. The number of aryl methyl sites for hydroxylation is 2. The van der Waals surface area contributed by atoms with Gasteiger partial charge >= 0.3 is 0 Å². The summed E-state index contributed by atoms with van der Waals surface area (Å²) in [5.41, 5.74) is 2.52. The number of aliphatic hydroxyl groups excluding tert-OH is 1. The molecule has 1 amide bonds. The van der Waals surface area contributed by atoms with Crippen molar-refractivity contribution in [3.63, 3.8) is 0 Å². The van der Waals surface area contributed by atoms with Gasteiger partial charge in [-0.3, -0.25) is 4.79 Å². The van der Waals surface area contributed by atoms with Crippen molar-refractivity contribution in [1.82, 2.24) is 15.0 Å². The molecule has 0 unspecified atom stereocenters. The molecule has 1 aliphatic heterocycles. The maximum Gasteiger partial charge on any atom is 0.273 e. The molecule has 148 valence electrons. The predicted octanol–water partition coefficient (Wildman–Crippen LogP) is 4.01. The number of nitriles is 1. The van der Waals surface area contributed by atoms with Crippen LogP contribution in [0.4, 0.5) is 5.95 Å². The molecule has 2 heterocycles. The Balaban J connectivity index is 1.93. The first-order valence-corrected chi connectivity index (χ1v) is 9.40. The molecule has 4 rings (SSSR count). The van der Waals surface area contributed by atoms with E-state index in [0.717, 1.165) is 0 Å². The first-order valence-electron chi connectivity index (χ1n) is 9.40. The second-order valence-corrected chi connectivity index (χ2v) is 6.94. The third-order valence-electron chi connectivity index (χ3n) is 4.80. The number of rotatable bonds is 3. The lowest BCUT2D eigenvalue weighted by Gasteiger charge is -2.32. The lowest BCUT2D eigenvalue weighted by Crippen LogP contribution is -2.44. The van der Waals surface area contributed by atoms with Crippen LogP contribution in [0, 0.1) is 25.2 Å². The summed E-state index contributed by atoms with van der Waals surface area (Å²) in [6.45, 7) is 3.61. The molecule has 0 saturated carbocycles. The molecule has 1 N–H and O–H groups in total. The molecule has 3 aromatic rings. The highest BCUT2D eigenvalue weighted by Gasteiger charge is 2.45. The van der Waals surface area contributed by atoms with E-state index in [0.29, 0.717) is 22.5 Å². The highest BCUT2D eigenvalue weighted by atomic mass is 16.3. The molecule has 2 aromatic carbocycles. The van der Waals surface area contributed by atoms with E-state index in [1.54, 1.807) is 44.2 Å². The molecule has 7 nitrogen and oxygen atoms in total. The molecule has 7 heteroatoms. The van der Waals surface area contributed by atoms with Crippen molar-refractivity contribution in [2.75, 3.05) is 5.01 Å². The Hall–Kier alpha value is -4.18. The molecule has 0 radical (unpaired) electrons. The highest BCUT2D eigenvalue weighted by molar-refractivity contribution is 5.96. The summed E-state index contributed by atoms with van der Waals surface area (Å²) in [5, 5.41) is 23.4. The molecular formula is C23H19N5O2. The molecule has 0 aliphatic carbocycles. The van der Waals surface area contributed by atoms with Gasteiger partial charge in [0, 0.05) is 17.0 Å². The minimum atomic E-state index is -0.812. The number of aromatic nitrogens is 2. The number of hydrogen-bond acceptors (Lipinski definition) is 6. The number of amides is 1. The molecule has 0 bridgehead atoms. The standard InChI is InChI=1S/C23H19N5O2/c1-15-13-16(2)26-23(25-15)28-22(30)19(14-24)20(17-9-5-3-6-10-17)27(28)21(29)18-11-7-4-8-12-18/h3-13,20,30H,1-2H3/t20-/m1/s1. The fraction of sp³-hybridized carbons (Fsp3) is 0.130. The predicted molar refractivity (Wildman–Crippen MR) is 111 cm³/mol. The molecule has 0 saturated heterocycles. The van der Waals surface area contributed by atoms with Crippen molar-refractivity contribution in [1.29, 1.82) is 5.26 Å². The van der Waals surface area contributed by atoms with Gasteiger partial charge < -0.3 is 5.11 Å². The summed E-state index contributed by atoms with van der Waals surface area (Å²) in [6, 6.07) is 20.9. The summed E-state index contributed by atoms with van der Waals surface area (Å²) >= 11 is 0. The molecular weight excluding hydrogens is 378 g/mol. The van der Waals surface area contributed by atoms with Crippen LogP contribution in [0.15, 0.2) is 78.2 Å². The van der Waals surface area contributed by atoms with Crippen molar-refractivity contribution in [3.05, 3.63) is 101 Å². The molecule has 1 aromatic heterocycles. The number of carbonyl (C=O) groups is 1. The van der Waals surface area contributed by atoms with Crippen LogP contribution < -0.4 is 5.01 Å². The second-order valence-electron chi connectivity index (χ2n) is 6.94. The Morgan fingerprint density at radius 2 is 1.57 bits per heavy atom. The van der Waals surface area contributed by atoms with Gasteiger partial charge in [0.25, 0.3) is 11.9 Å². The monoisotopic (exact) mass is 397 g/mol. The number of hydrazine groups is 1. The van der Waals surface area contributed by atoms with Gasteiger partial charge in [-0.25, -0.2) is 15.0 Å². The largest absolute Gasteiger partial charge is 0.492 e. The van der Waals surface area contributed by atoms with E-state index in [1.165, 1.54) is 10.0 Å². The van der Waals surface area contributed by atoms with Gasteiger partial charge in [-0.2, -0.15) is 10.3 Å². The van der Waals surface area contributed by atoms with E-state index < -0.39 is 6.04 Å². The molecule has 0 spiro atoms. The van der Waals surface area contributed by atoms with Gasteiger partial charge in [0.15, 0.2) is 0 Å². The molecule has 1 atom stereocenters. The van der Waals surface area contributed by atoms with E-state index in [4.69, 9.17) is 0 Å². The van der Waals surface area contributed by atoms with Gasteiger partial charge in [-0.1, -0.05) is 48.5 Å². The van der Waals surface area contributed by atoms with Crippen molar-refractivity contribution < 1.29 is 9.90 Å². The fourth-order valence-corrected chi connectivity index (χ4v) is 3.54. The third kappa shape index (κ3) is 3.25. The number of nitrogens with zero attached hydrogens (tertiary/aromatic N) is 5. The van der Waals surface area contributed by atoms with Crippen LogP contribution in [0.3, 0.4) is 0 Å². The zero-order valence-electron chi connectivity index (χ0n) is 16.5. The number of anilines is 1. The van der Waals surface area contributed by atoms with Gasteiger partial charge in [0.2, 0.25) is 5.88 Å². The maximum atomic E-state index is 13.6. The summed E-state index contributed by atoms with van der Waals surface area (Å²) in [6.07, 6.45) is 0. The topological polar surface area (TPSA) is 93.4 Å². The normalized spacial score (nSPS) is 16.0. The summed E-state index contributed by atoms with van der Waals surface area (Å²) in [7, 11) is 0. The van der Waals surface area contributed by atoms with Crippen LogP contribution in [0.2, 0.25) is 0 Å². The van der Waals surface area contributed by atoms with E-state index in [1.807, 2.05) is 36.4 Å². The summed E-state index contributed by atoms with van der Waals surface area (Å²) in [5.74, 6) is -0.620. The van der Waals surface area contributed by atoms with Crippen molar-refractivity contribution in [3.8, 4) is 6.07 Å². The number of carbonyl (C=O) groups excluding carboxylic acids is 1. The molecule has 0 fully saturated rings. The summed E-state index contributed by atoms with van der Waals surface area (Å²) < 4.78 is 0. The number of aliphatic hydroxyl groups is 1. The van der Waals surface area contributed by atoms with E-state index >= 15 is 0 Å². The van der Waals surface area contributed by atoms with Crippen LogP contribution in [-0.4, -0.2) is 26.0 Å². The molecule has 1 aliphatic rings. The van der Waals surface area contributed by atoms with Gasteiger partial charge in [0.05, 0.1) is 0 Å².